The summed E-state index contributed by atoms with van der Waals surface area (Å²) in [7, 11) is 0. The molecule has 4 nitrogen and oxygen atoms in total. The Hall–Kier alpha value is -1.32. The van der Waals surface area contributed by atoms with E-state index in [4.69, 9.17) is 0 Å². The van der Waals surface area contributed by atoms with Gasteiger partial charge < -0.3 is 10.0 Å². The number of carboxylic acids is 1. The first-order valence-electron chi connectivity index (χ1n) is 7.70. The van der Waals surface area contributed by atoms with Crippen LogP contribution in [0.3, 0.4) is 0 Å². The quantitative estimate of drug-likeness (QED) is 0.783. The third-order valence-electron chi connectivity index (χ3n) is 5.09. The summed E-state index contributed by atoms with van der Waals surface area (Å²) in [4.78, 5) is 26.3. The molecule has 1 amide bonds. The molecular weight excluding hydrogens is 254 g/mol. The SMILES string of the molecule is CC(C)N(CC1CC1)C(=O)[C@H]1C2C=CC(C2)[C@H]1C(=O)O. The van der Waals surface area contributed by atoms with Crippen molar-refractivity contribution in [1.29, 1.82) is 0 Å². The van der Waals surface area contributed by atoms with Crippen LogP contribution >= 0.6 is 0 Å². The molecule has 4 heteroatoms. The Morgan fingerprint density at radius 2 is 1.80 bits per heavy atom. The van der Waals surface area contributed by atoms with E-state index in [0.717, 1.165) is 13.0 Å². The molecule has 2 fully saturated rings. The van der Waals surface area contributed by atoms with Crippen molar-refractivity contribution < 1.29 is 14.7 Å². The molecule has 3 rings (SSSR count). The minimum absolute atomic E-state index is 0.0568. The zero-order valence-corrected chi connectivity index (χ0v) is 12.2. The second kappa shape index (κ2) is 4.90. The maximum Gasteiger partial charge on any atom is 0.307 e. The van der Waals surface area contributed by atoms with Crippen molar-refractivity contribution in [3.8, 4) is 0 Å². The maximum absolute atomic E-state index is 12.9. The van der Waals surface area contributed by atoms with Gasteiger partial charge >= 0.3 is 5.97 Å². The molecule has 1 N–H and O–H groups in total. The van der Waals surface area contributed by atoms with Gasteiger partial charge in [-0.05, 0) is 50.9 Å². The molecule has 0 saturated heterocycles. The molecule has 4 atom stereocenters. The fourth-order valence-electron chi connectivity index (χ4n) is 3.82. The van der Waals surface area contributed by atoms with E-state index in [9.17, 15) is 14.7 Å². The predicted octanol–water partition coefficient (Wildman–Crippen LogP) is 2.16. The van der Waals surface area contributed by atoms with Crippen LogP contribution in [0.15, 0.2) is 12.2 Å². The van der Waals surface area contributed by atoms with Crippen LogP contribution < -0.4 is 0 Å². The summed E-state index contributed by atoms with van der Waals surface area (Å²) in [5.41, 5.74) is 0. The summed E-state index contributed by atoms with van der Waals surface area (Å²) in [6.45, 7) is 4.86. The molecule has 0 aliphatic heterocycles. The van der Waals surface area contributed by atoms with Gasteiger partial charge in [0.25, 0.3) is 0 Å². The van der Waals surface area contributed by atoms with Crippen LogP contribution in [0, 0.1) is 29.6 Å². The summed E-state index contributed by atoms with van der Waals surface area (Å²) in [5, 5.41) is 9.46. The molecule has 0 aromatic rings. The third-order valence-corrected chi connectivity index (χ3v) is 5.09. The summed E-state index contributed by atoms with van der Waals surface area (Å²) in [6.07, 6.45) is 7.30. The van der Waals surface area contributed by atoms with Crippen molar-refractivity contribution in [2.45, 2.75) is 39.2 Å². The Balaban J connectivity index is 1.80. The van der Waals surface area contributed by atoms with Gasteiger partial charge in [-0.3, -0.25) is 9.59 Å². The fourth-order valence-corrected chi connectivity index (χ4v) is 3.82. The molecule has 3 aliphatic rings. The molecule has 20 heavy (non-hydrogen) atoms. The first-order valence-corrected chi connectivity index (χ1v) is 7.70. The largest absolute Gasteiger partial charge is 0.481 e. The standard InChI is InChI=1S/C16H23NO3/c1-9(2)17(8-10-3-4-10)15(18)13-11-5-6-12(7-11)14(13)16(19)20/h5-6,9-14H,3-4,7-8H2,1-2H3,(H,19,20)/t11?,12?,13-,14+/m0/s1. The van der Waals surface area contributed by atoms with E-state index >= 15 is 0 Å². The van der Waals surface area contributed by atoms with Gasteiger partial charge in [0.2, 0.25) is 5.91 Å². The van der Waals surface area contributed by atoms with Gasteiger partial charge in [0.05, 0.1) is 11.8 Å². The monoisotopic (exact) mass is 277 g/mol. The number of carbonyl (C=O) groups is 2. The second-order valence-corrected chi connectivity index (χ2v) is 6.87. The molecule has 0 radical (unpaired) electrons. The molecule has 0 heterocycles. The van der Waals surface area contributed by atoms with E-state index in [0.29, 0.717) is 5.92 Å². The minimum Gasteiger partial charge on any atom is -0.481 e. The average molecular weight is 277 g/mol. The normalized spacial score (nSPS) is 34.8. The number of rotatable bonds is 5. The van der Waals surface area contributed by atoms with Crippen molar-refractivity contribution in [2.75, 3.05) is 6.54 Å². The van der Waals surface area contributed by atoms with Crippen LogP contribution in [0.5, 0.6) is 0 Å². The molecule has 2 saturated carbocycles. The van der Waals surface area contributed by atoms with Crippen molar-refractivity contribution in [3.63, 3.8) is 0 Å². The number of carboxylic acid groups (broad SMARTS) is 1. The molecule has 0 aromatic carbocycles. The Bertz CT molecular complexity index is 453. The van der Waals surface area contributed by atoms with Crippen LogP contribution in [0.25, 0.3) is 0 Å². The lowest BCUT2D eigenvalue weighted by Gasteiger charge is -2.33. The van der Waals surface area contributed by atoms with Gasteiger partial charge in [-0.1, -0.05) is 12.2 Å². The molecular formula is C16H23NO3. The third kappa shape index (κ3) is 2.25. The Morgan fingerprint density at radius 3 is 2.30 bits per heavy atom. The molecule has 3 aliphatic carbocycles. The van der Waals surface area contributed by atoms with Crippen LogP contribution in [-0.4, -0.2) is 34.5 Å². The lowest BCUT2D eigenvalue weighted by Crippen LogP contribution is -2.46. The maximum atomic E-state index is 12.9. The topological polar surface area (TPSA) is 57.6 Å². The van der Waals surface area contributed by atoms with Gasteiger partial charge in [0, 0.05) is 12.6 Å². The molecule has 110 valence electrons. The minimum atomic E-state index is -0.810. The van der Waals surface area contributed by atoms with E-state index < -0.39 is 11.9 Å². The number of aliphatic carboxylic acids is 1. The Kier molecular flexibility index (Phi) is 3.35. The lowest BCUT2D eigenvalue weighted by atomic mass is 9.82. The Labute approximate surface area is 119 Å². The summed E-state index contributed by atoms with van der Waals surface area (Å²) >= 11 is 0. The van der Waals surface area contributed by atoms with Crippen LogP contribution in [-0.2, 0) is 9.59 Å². The first-order chi connectivity index (χ1) is 9.49. The predicted molar refractivity (Wildman–Crippen MR) is 74.9 cm³/mol. The van der Waals surface area contributed by atoms with E-state index in [2.05, 4.69) is 6.08 Å². The Morgan fingerprint density at radius 1 is 1.20 bits per heavy atom. The average Bonchev–Trinajstić information content (AvgIpc) is 2.97. The number of nitrogens with zero attached hydrogens (tertiary/aromatic N) is 1. The molecule has 0 aromatic heterocycles. The summed E-state index contributed by atoms with van der Waals surface area (Å²) in [5.74, 6) is -0.776. The van der Waals surface area contributed by atoms with Crippen molar-refractivity contribution in [2.24, 2.45) is 29.6 Å². The number of fused-ring (bicyclic) bond motifs is 2. The van der Waals surface area contributed by atoms with Crippen LogP contribution in [0.4, 0.5) is 0 Å². The smallest absolute Gasteiger partial charge is 0.307 e. The van der Waals surface area contributed by atoms with E-state index in [1.807, 2.05) is 24.8 Å². The van der Waals surface area contributed by atoms with Gasteiger partial charge in [-0.2, -0.15) is 0 Å². The highest BCUT2D eigenvalue weighted by atomic mass is 16.4. The lowest BCUT2D eigenvalue weighted by molar-refractivity contribution is -0.151. The molecule has 2 bridgehead atoms. The number of allylic oxidation sites excluding steroid dienone is 2. The van der Waals surface area contributed by atoms with Crippen molar-refractivity contribution in [3.05, 3.63) is 12.2 Å². The highest BCUT2D eigenvalue weighted by molar-refractivity contribution is 5.87. The van der Waals surface area contributed by atoms with Crippen molar-refractivity contribution >= 4 is 11.9 Å². The van der Waals surface area contributed by atoms with Gasteiger partial charge in [0.15, 0.2) is 0 Å². The van der Waals surface area contributed by atoms with Gasteiger partial charge in [-0.25, -0.2) is 0 Å². The number of amides is 1. The fraction of sp³-hybridized carbons (Fsp3) is 0.750. The van der Waals surface area contributed by atoms with E-state index in [1.165, 1.54) is 12.8 Å². The zero-order chi connectivity index (χ0) is 14.4. The van der Waals surface area contributed by atoms with Gasteiger partial charge in [0.1, 0.15) is 0 Å². The van der Waals surface area contributed by atoms with Gasteiger partial charge in [-0.15, -0.1) is 0 Å². The second-order valence-electron chi connectivity index (χ2n) is 6.87. The summed E-state index contributed by atoms with van der Waals surface area (Å²) in [6, 6.07) is 0.153. The molecule has 2 unspecified atom stereocenters. The highest BCUT2D eigenvalue weighted by Crippen LogP contribution is 2.49. The number of hydrogen-bond donors (Lipinski definition) is 1. The molecule has 0 spiro atoms. The zero-order valence-electron chi connectivity index (χ0n) is 12.2. The summed E-state index contributed by atoms with van der Waals surface area (Å²) < 4.78 is 0. The highest BCUT2D eigenvalue weighted by Gasteiger charge is 2.53. The van der Waals surface area contributed by atoms with E-state index in [-0.39, 0.29) is 29.7 Å². The van der Waals surface area contributed by atoms with Crippen molar-refractivity contribution in [1.82, 2.24) is 4.90 Å². The van der Waals surface area contributed by atoms with Crippen LogP contribution in [0.2, 0.25) is 0 Å². The number of hydrogen-bond acceptors (Lipinski definition) is 2. The first kappa shape index (κ1) is 13.7. The van der Waals surface area contributed by atoms with Crippen LogP contribution in [0.1, 0.15) is 33.1 Å². The van der Waals surface area contributed by atoms with E-state index in [1.54, 1.807) is 0 Å². The number of carbonyl (C=O) groups excluding carboxylic acids is 1.